The van der Waals surface area contributed by atoms with E-state index in [0.29, 0.717) is 30.7 Å². The summed E-state index contributed by atoms with van der Waals surface area (Å²) in [7, 11) is -4.25. The third-order valence-electron chi connectivity index (χ3n) is 5.33. The Labute approximate surface area is 159 Å². The Bertz CT molecular complexity index is 946. The van der Waals surface area contributed by atoms with Gasteiger partial charge in [0.05, 0.1) is 27.7 Å². The summed E-state index contributed by atoms with van der Waals surface area (Å²) < 4.78 is 69.3. The SMILES string of the molecule is O=S(=O)(c1ccccc1C(F)(F)F)N1C2CCC1CC(n1cc(Cl)cn1)C2. The van der Waals surface area contributed by atoms with Gasteiger partial charge in [-0.2, -0.15) is 22.6 Å². The second-order valence-corrected chi connectivity index (χ2v) is 9.23. The van der Waals surface area contributed by atoms with Gasteiger partial charge in [0.1, 0.15) is 0 Å². The maximum absolute atomic E-state index is 13.3. The van der Waals surface area contributed by atoms with Gasteiger partial charge in [-0.25, -0.2) is 8.42 Å². The van der Waals surface area contributed by atoms with Gasteiger partial charge in [0.2, 0.25) is 10.0 Å². The molecule has 2 aliphatic rings. The molecule has 1 aromatic carbocycles. The van der Waals surface area contributed by atoms with E-state index in [1.54, 1.807) is 10.9 Å². The van der Waals surface area contributed by atoms with Crippen LogP contribution in [0.15, 0.2) is 41.6 Å². The Kier molecular flexibility index (Phi) is 4.51. The van der Waals surface area contributed by atoms with E-state index >= 15 is 0 Å². The fourth-order valence-electron chi connectivity index (χ4n) is 4.27. The number of alkyl halides is 3. The van der Waals surface area contributed by atoms with Gasteiger partial charge in [-0.15, -0.1) is 0 Å². The van der Waals surface area contributed by atoms with Crippen LogP contribution in [0.1, 0.15) is 37.3 Å². The maximum Gasteiger partial charge on any atom is 0.417 e. The number of hydrogen-bond acceptors (Lipinski definition) is 3. The molecule has 2 bridgehead atoms. The molecule has 0 spiro atoms. The molecule has 2 aliphatic heterocycles. The first-order valence-electron chi connectivity index (χ1n) is 8.57. The molecule has 5 nitrogen and oxygen atoms in total. The molecule has 0 amide bonds. The summed E-state index contributed by atoms with van der Waals surface area (Å²) in [4.78, 5) is -0.671. The summed E-state index contributed by atoms with van der Waals surface area (Å²) in [5.74, 6) is 0. The van der Waals surface area contributed by atoms with E-state index in [4.69, 9.17) is 11.6 Å². The Balaban J connectivity index is 1.67. The van der Waals surface area contributed by atoms with Crippen molar-refractivity contribution in [3.8, 4) is 0 Å². The van der Waals surface area contributed by atoms with Gasteiger partial charge in [0.15, 0.2) is 0 Å². The molecule has 10 heteroatoms. The zero-order valence-electron chi connectivity index (χ0n) is 14.1. The van der Waals surface area contributed by atoms with Crippen LogP contribution in [-0.2, 0) is 16.2 Å². The monoisotopic (exact) mass is 419 g/mol. The molecule has 0 aliphatic carbocycles. The standard InChI is InChI=1S/C17H17ClF3N3O2S/c18-11-9-22-23(10-11)14-7-12-5-6-13(8-14)24(12)27(25,26)16-4-2-1-3-15(16)17(19,20)21/h1-4,9-10,12-14H,5-8H2. The molecular formula is C17H17ClF3N3O2S. The normalized spacial score (nSPS) is 26.4. The van der Waals surface area contributed by atoms with Crippen molar-refractivity contribution >= 4 is 21.6 Å². The van der Waals surface area contributed by atoms with Crippen molar-refractivity contribution in [2.75, 3.05) is 0 Å². The largest absolute Gasteiger partial charge is 0.417 e. The Morgan fingerprint density at radius 1 is 1.07 bits per heavy atom. The van der Waals surface area contributed by atoms with Gasteiger partial charge < -0.3 is 0 Å². The summed E-state index contributed by atoms with van der Waals surface area (Å²) >= 11 is 5.91. The molecule has 2 unspecified atom stereocenters. The molecule has 2 fully saturated rings. The highest BCUT2D eigenvalue weighted by atomic mass is 35.5. The average Bonchev–Trinajstić information content (AvgIpc) is 3.16. The van der Waals surface area contributed by atoms with Crippen molar-refractivity contribution in [1.29, 1.82) is 0 Å². The van der Waals surface area contributed by atoms with Gasteiger partial charge >= 0.3 is 6.18 Å². The quantitative estimate of drug-likeness (QED) is 0.752. The van der Waals surface area contributed by atoms with Gasteiger partial charge in [-0.05, 0) is 37.8 Å². The highest BCUT2D eigenvalue weighted by molar-refractivity contribution is 7.89. The summed E-state index contributed by atoms with van der Waals surface area (Å²) in [6.45, 7) is 0. The summed E-state index contributed by atoms with van der Waals surface area (Å²) in [5.41, 5.74) is -1.12. The number of sulfonamides is 1. The topological polar surface area (TPSA) is 55.2 Å². The molecular weight excluding hydrogens is 403 g/mol. The van der Waals surface area contributed by atoms with Crippen LogP contribution >= 0.6 is 11.6 Å². The molecule has 3 heterocycles. The molecule has 146 valence electrons. The van der Waals surface area contributed by atoms with Gasteiger partial charge in [0.25, 0.3) is 0 Å². The van der Waals surface area contributed by atoms with Crippen LogP contribution in [-0.4, -0.2) is 34.6 Å². The lowest BCUT2D eigenvalue weighted by Gasteiger charge is -2.38. The predicted molar refractivity (Wildman–Crippen MR) is 92.8 cm³/mol. The molecule has 2 aromatic rings. The van der Waals surface area contributed by atoms with E-state index in [0.717, 1.165) is 12.1 Å². The van der Waals surface area contributed by atoms with E-state index in [1.807, 2.05) is 0 Å². The minimum Gasteiger partial charge on any atom is -0.268 e. The zero-order valence-corrected chi connectivity index (χ0v) is 15.7. The lowest BCUT2D eigenvalue weighted by atomic mass is 10.00. The van der Waals surface area contributed by atoms with Crippen molar-refractivity contribution in [1.82, 2.24) is 14.1 Å². The highest BCUT2D eigenvalue weighted by Gasteiger charge is 2.49. The van der Waals surface area contributed by atoms with Gasteiger partial charge in [0, 0.05) is 18.3 Å². The maximum atomic E-state index is 13.3. The number of benzene rings is 1. The first-order chi connectivity index (χ1) is 12.7. The number of aromatic nitrogens is 2. The molecule has 2 saturated heterocycles. The fourth-order valence-corrected chi connectivity index (χ4v) is 6.52. The van der Waals surface area contributed by atoms with Crippen LogP contribution in [0.5, 0.6) is 0 Å². The van der Waals surface area contributed by atoms with E-state index in [9.17, 15) is 21.6 Å². The van der Waals surface area contributed by atoms with Crippen LogP contribution < -0.4 is 0 Å². The lowest BCUT2D eigenvalue weighted by Crippen LogP contribution is -2.47. The van der Waals surface area contributed by atoms with Crippen LogP contribution in [0.4, 0.5) is 13.2 Å². The number of rotatable bonds is 3. The molecule has 0 saturated carbocycles. The molecule has 2 atom stereocenters. The van der Waals surface area contributed by atoms with E-state index < -0.39 is 26.7 Å². The number of fused-ring (bicyclic) bond motifs is 2. The third-order valence-corrected chi connectivity index (χ3v) is 7.59. The van der Waals surface area contributed by atoms with Gasteiger partial charge in [-0.3, -0.25) is 4.68 Å². The zero-order chi connectivity index (χ0) is 19.4. The Morgan fingerprint density at radius 2 is 1.70 bits per heavy atom. The highest BCUT2D eigenvalue weighted by Crippen LogP contribution is 2.45. The average molecular weight is 420 g/mol. The van der Waals surface area contributed by atoms with Crippen LogP contribution in [0.25, 0.3) is 0 Å². The first kappa shape index (κ1) is 18.8. The van der Waals surface area contributed by atoms with Crippen molar-refractivity contribution in [2.24, 2.45) is 0 Å². The molecule has 27 heavy (non-hydrogen) atoms. The van der Waals surface area contributed by atoms with Crippen LogP contribution in [0.2, 0.25) is 5.02 Å². The Morgan fingerprint density at radius 3 is 2.26 bits per heavy atom. The third kappa shape index (κ3) is 3.25. The minimum atomic E-state index is -4.73. The van der Waals surface area contributed by atoms with Gasteiger partial charge in [-0.1, -0.05) is 23.7 Å². The fraction of sp³-hybridized carbons (Fsp3) is 0.471. The van der Waals surface area contributed by atoms with E-state index in [-0.39, 0.29) is 18.1 Å². The van der Waals surface area contributed by atoms with Crippen molar-refractivity contribution in [3.05, 3.63) is 47.2 Å². The second kappa shape index (κ2) is 6.49. The number of piperidine rings is 1. The van der Waals surface area contributed by atoms with E-state index in [2.05, 4.69) is 5.10 Å². The van der Waals surface area contributed by atoms with Crippen LogP contribution in [0.3, 0.4) is 0 Å². The molecule has 4 rings (SSSR count). The first-order valence-corrected chi connectivity index (χ1v) is 10.4. The molecule has 1 aromatic heterocycles. The minimum absolute atomic E-state index is 0.0145. The lowest BCUT2D eigenvalue weighted by molar-refractivity contribution is -0.139. The summed E-state index contributed by atoms with van der Waals surface area (Å²) in [6, 6.07) is 3.67. The number of halogens is 4. The molecule has 0 N–H and O–H groups in total. The molecule has 0 radical (unpaired) electrons. The number of hydrogen-bond donors (Lipinski definition) is 0. The van der Waals surface area contributed by atoms with Crippen LogP contribution in [0, 0.1) is 0 Å². The number of nitrogens with zero attached hydrogens (tertiary/aromatic N) is 3. The van der Waals surface area contributed by atoms with Crippen molar-refractivity contribution < 1.29 is 21.6 Å². The summed E-state index contributed by atoms with van der Waals surface area (Å²) in [5, 5.41) is 4.69. The smallest absolute Gasteiger partial charge is 0.268 e. The second-order valence-electron chi connectivity index (χ2n) is 6.98. The van der Waals surface area contributed by atoms with E-state index in [1.165, 1.54) is 22.6 Å². The Hall–Kier alpha value is -1.58. The predicted octanol–water partition coefficient (Wildman–Crippen LogP) is 4.11. The summed E-state index contributed by atoms with van der Waals surface area (Å²) in [6.07, 6.45) is 0.741. The van der Waals surface area contributed by atoms with Crippen molar-refractivity contribution in [2.45, 2.75) is 54.9 Å². The van der Waals surface area contributed by atoms with Crippen molar-refractivity contribution in [3.63, 3.8) is 0 Å².